The van der Waals surface area contributed by atoms with Crippen molar-refractivity contribution in [2.24, 2.45) is 0 Å². The lowest BCUT2D eigenvalue weighted by atomic mass is 10.1. The van der Waals surface area contributed by atoms with Crippen molar-refractivity contribution < 1.29 is 9.22 Å². The van der Waals surface area contributed by atoms with Gasteiger partial charge in [0.15, 0.2) is 8.32 Å². The van der Waals surface area contributed by atoms with E-state index in [1.54, 1.807) is 0 Å². The van der Waals surface area contributed by atoms with Crippen LogP contribution in [0.1, 0.15) is 41.5 Å². The molecule has 2 aliphatic heterocycles. The fourth-order valence-corrected chi connectivity index (χ4v) is 3.97. The molecule has 1 amide bonds. The number of amides is 1. The van der Waals surface area contributed by atoms with Gasteiger partial charge in [-0.25, -0.2) is 0 Å². The molecule has 0 radical (unpaired) electrons. The van der Waals surface area contributed by atoms with Crippen molar-refractivity contribution in [1.82, 2.24) is 15.5 Å². The molecule has 2 heterocycles. The van der Waals surface area contributed by atoms with Gasteiger partial charge in [-0.2, -0.15) is 0 Å². The summed E-state index contributed by atoms with van der Waals surface area (Å²) in [6.07, 6.45) is 0. The Kier molecular flexibility index (Phi) is 5.04. The monoisotopic (exact) mass is 341 g/mol. The van der Waals surface area contributed by atoms with E-state index in [2.05, 4.69) is 49.4 Å². The minimum atomic E-state index is -1.73. The van der Waals surface area contributed by atoms with E-state index in [0.717, 1.165) is 19.7 Å². The molecule has 23 heavy (non-hydrogen) atoms. The van der Waals surface area contributed by atoms with E-state index < -0.39 is 8.32 Å². The summed E-state index contributed by atoms with van der Waals surface area (Å²) in [4.78, 5) is 14.9. The standard InChI is InChI=1S/C17H35N3O2Si/c1-16(2,3)19-15(21)13-14-12(20(14)10-9-18-13)11-22-23(7,8)17(4,5)6/h12-14,18H,9-11H2,1-8H3,(H,19,21)/t12-,13-,14+,20?/m1/s1. The van der Waals surface area contributed by atoms with E-state index in [0.29, 0.717) is 6.04 Å². The van der Waals surface area contributed by atoms with Gasteiger partial charge in [-0.15, -0.1) is 0 Å². The van der Waals surface area contributed by atoms with Gasteiger partial charge in [-0.1, -0.05) is 20.8 Å². The molecule has 2 fully saturated rings. The first-order valence-corrected chi connectivity index (χ1v) is 11.7. The van der Waals surface area contributed by atoms with Gasteiger partial charge >= 0.3 is 0 Å². The van der Waals surface area contributed by atoms with Crippen molar-refractivity contribution >= 4 is 14.2 Å². The summed E-state index contributed by atoms with van der Waals surface area (Å²) in [6.45, 7) is 20.1. The molecule has 2 rings (SSSR count). The summed E-state index contributed by atoms with van der Waals surface area (Å²) in [7, 11) is -1.73. The number of nitrogens with zero attached hydrogens (tertiary/aromatic N) is 1. The van der Waals surface area contributed by atoms with E-state index >= 15 is 0 Å². The molecule has 0 saturated carbocycles. The van der Waals surface area contributed by atoms with Crippen molar-refractivity contribution in [2.45, 2.75) is 83.3 Å². The van der Waals surface area contributed by atoms with E-state index in [-0.39, 0.29) is 28.6 Å². The highest BCUT2D eigenvalue weighted by Crippen LogP contribution is 2.39. The third-order valence-corrected chi connectivity index (χ3v) is 9.89. The van der Waals surface area contributed by atoms with E-state index in [1.165, 1.54) is 0 Å². The maximum atomic E-state index is 12.5. The van der Waals surface area contributed by atoms with Gasteiger partial charge in [0, 0.05) is 24.7 Å². The van der Waals surface area contributed by atoms with E-state index in [9.17, 15) is 4.79 Å². The Morgan fingerprint density at radius 2 is 1.87 bits per heavy atom. The zero-order chi connectivity index (χ0) is 17.6. The fourth-order valence-electron chi connectivity index (χ4n) is 2.95. The Labute approximate surface area is 142 Å². The number of piperazine rings is 1. The van der Waals surface area contributed by atoms with E-state index in [4.69, 9.17) is 4.43 Å². The second kappa shape index (κ2) is 6.13. The topological polar surface area (TPSA) is 53.4 Å². The molecule has 0 aromatic heterocycles. The molecule has 2 N–H and O–H groups in total. The normalized spacial score (nSPS) is 31.5. The molecule has 0 aromatic carbocycles. The zero-order valence-corrected chi connectivity index (χ0v) is 17.1. The number of fused-ring (bicyclic) bond motifs is 1. The molecule has 0 spiro atoms. The largest absolute Gasteiger partial charge is 0.415 e. The third-order valence-electron chi connectivity index (χ3n) is 5.39. The quantitative estimate of drug-likeness (QED) is 0.606. The molecule has 2 saturated heterocycles. The van der Waals surface area contributed by atoms with Crippen LogP contribution in [0.5, 0.6) is 0 Å². The summed E-state index contributed by atoms with van der Waals surface area (Å²) >= 11 is 0. The number of hydrogen-bond donors (Lipinski definition) is 2. The van der Waals surface area contributed by atoms with Crippen molar-refractivity contribution in [3.8, 4) is 0 Å². The molecule has 134 valence electrons. The van der Waals surface area contributed by atoms with Gasteiger partial charge in [-0.3, -0.25) is 9.69 Å². The van der Waals surface area contributed by atoms with Crippen LogP contribution in [-0.4, -0.2) is 62.5 Å². The number of rotatable bonds is 4. The smallest absolute Gasteiger partial charge is 0.239 e. The molecule has 1 unspecified atom stereocenters. The molecule has 2 aliphatic rings. The first kappa shape index (κ1) is 18.9. The summed E-state index contributed by atoms with van der Waals surface area (Å²) in [5.74, 6) is 0.113. The Bertz CT molecular complexity index is 454. The Morgan fingerprint density at radius 1 is 1.26 bits per heavy atom. The van der Waals surface area contributed by atoms with Crippen LogP contribution < -0.4 is 10.6 Å². The minimum absolute atomic E-state index is 0.113. The van der Waals surface area contributed by atoms with Crippen LogP contribution in [0.25, 0.3) is 0 Å². The van der Waals surface area contributed by atoms with Gasteiger partial charge in [-0.05, 0) is 38.9 Å². The highest BCUT2D eigenvalue weighted by molar-refractivity contribution is 6.74. The average molecular weight is 342 g/mol. The highest BCUT2D eigenvalue weighted by atomic mass is 28.4. The lowest BCUT2D eigenvalue weighted by Crippen LogP contribution is -2.56. The SMILES string of the molecule is CC(C)(C)NC(=O)[C@@H]1NCCN2[C@H]1[C@H]2CO[Si](C)(C)C(C)(C)C. The van der Waals surface area contributed by atoms with Crippen molar-refractivity contribution in [1.29, 1.82) is 0 Å². The van der Waals surface area contributed by atoms with Crippen LogP contribution in [0.3, 0.4) is 0 Å². The zero-order valence-electron chi connectivity index (χ0n) is 16.1. The Balaban J connectivity index is 1.93. The molecular weight excluding hydrogens is 306 g/mol. The van der Waals surface area contributed by atoms with Gasteiger partial charge in [0.1, 0.15) is 6.04 Å². The van der Waals surface area contributed by atoms with Crippen LogP contribution >= 0.6 is 0 Å². The molecule has 0 aliphatic carbocycles. The van der Waals surface area contributed by atoms with Crippen molar-refractivity contribution in [3.05, 3.63) is 0 Å². The van der Waals surface area contributed by atoms with Crippen LogP contribution in [-0.2, 0) is 9.22 Å². The van der Waals surface area contributed by atoms with Crippen LogP contribution in [0, 0.1) is 0 Å². The number of hydrogen-bond acceptors (Lipinski definition) is 4. The van der Waals surface area contributed by atoms with Gasteiger partial charge in [0.25, 0.3) is 0 Å². The molecule has 4 atom stereocenters. The predicted molar refractivity (Wildman–Crippen MR) is 97.1 cm³/mol. The third kappa shape index (κ3) is 4.35. The number of carbonyl (C=O) groups excluding carboxylic acids is 1. The van der Waals surface area contributed by atoms with Crippen LogP contribution in [0.4, 0.5) is 0 Å². The minimum Gasteiger partial charge on any atom is -0.415 e. The summed E-state index contributed by atoms with van der Waals surface area (Å²) in [5, 5.41) is 6.72. The second-order valence-electron chi connectivity index (χ2n) is 9.54. The summed E-state index contributed by atoms with van der Waals surface area (Å²) < 4.78 is 6.38. The van der Waals surface area contributed by atoms with Crippen molar-refractivity contribution in [2.75, 3.05) is 19.7 Å². The van der Waals surface area contributed by atoms with Gasteiger partial charge in [0.05, 0.1) is 12.6 Å². The fraction of sp³-hybridized carbons (Fsp3) is 0.941. The molecule has 0 bridgehead atoms. The molecule has 0 aromatic rings. The highest BCUT2D eigenvalue weighted by Gasteiger charge is 2.56. The maximum Gasteiger partial charge on any atom is 0.239 e. The van der Waals surface area contributed by atoms with Gasteiger partial charge < -0.3 is 15.1 Å². The molecule has 5 nitrogen and oxygen atoms in total. The molecule has 6 heteroatoms. The lowest BCUT2D eigenvalue weighted by Gasteiger charge is -2.36. The summed E-state index contributed by atoms with van der Waals surface area (Å²) in [5.41, 5.74) is -0.191. The van der Waals surface area contributed by atoms with Crippen molar-refractivity contribution in [3.63, 3.8) is 0 Å². The van der Waals surface area contributed by atoms with E-state index in [1.807, 2.05) is 20.8 Å². The van der Waals surface area contributed by atoms with Crippen LogP contribution in [0.15, 0.2) is 0 Å². The van der Waals surface area contributed by atoms with Crippen LogP contribution in [0.2, 0.25) is 18.1 Å². The second-order valence-corrected chi connectivity index (χ2v) is 14.3. The number of nitrogens with one attached hydrogen (secondary N) is 2. The first-order valence-electron chi connectivity index (χ1n) is 8.79. The summed E-state index contributed by atoms with van der Waals surface area (Å²) in [6, 6.07) is 0.557. The Hall–Kier alpha value is -0.433. The average Bonchev–Trinajstić information content (AvgIpc) is 3.06. The predicted octanol–water partition coefficient (Wildman–Crippen LogP) is 1.95. The Morgan fingerprint density at radius 3 is 2.39 bits per heavy atom. The van der Waals surface area contributed by atoms with Gasteiger partial charge in [0.2, 0.25) is 5.91 Å². The lowest BCUT2D eigenvalue weighted by molar-refractivity contribution is -0.125. The maximum absolute atomic E-state index is 12.5. The number of carbonyl (C=O) groups is 1. The molecular formula is C17H35N3O2Si. The first-order chi connectivity index (χ1) is 10.3.